The standard InChI is InChI=1S/C23H32O4/c1-5-7-8-9-14-19(6-2)27-23(25)21-16-11-10-15-20(21)22(24)26-17-12-13-18(3)4/h10-11,15-16,18-19H,5-7,12-14,17H2,1-4H3. The van der Waals surface area contributed by atoms with Gasteiger partial charge in [0.25, 0.3) is 0 Å². The number of rotatable bonds is 10. The molecule has 0 aliphatic rings. The van der Waals surface area contributed by atoms with E-state index in [-0.39, 0.29) is 17.2 Å². The maximum atomic E-state index is 12.6. The predicted octanol–water partition coefficient (Wildman–Crippen LogP) is 5.41. The monoisotopic (exact) mass is 372 g/mol. The van der Waals surface area contributed by atoms with Crippen LogP contribution in [-0.2, 0) is 9.47 Å². The Morgan fingerprint density at radius 3 is 2.30 bits per heavy atom. The molecule has 1 rings (SSSR count). The molecule has 0 radical (unpaired) electrons. The van der Waals surface area contributed by atoms with Crippen molar-refractivity contribution in [2.45, 2.75) is 72.3 Å². The summed E-state index contributed by atoms with van der Waals surface area (Å²) >= 11 is 0. The molecule has 0 N–H and O–H groups in total. The molecule has 4 heteroatoms. The lowest BCUT2D eigenvalue weighted by Gasteiger charge is -2.15. The largest absolute Gasteiger partial charge is 0.462 e. The van der Waals surface area contributed by atoms with E-state index in [0.717, 1.165) is 25.7 Å². The van der Waals surface area contributed by atoms with Gasteiger partial charge >= 0.3 is 11.9 Å². The van der Waals surface area contributed by atoms with Gasteiger partial charge in [-0.3, -0.25) is 0 Å². The van der Waals surface area contributed by atoms with Gasteiger partial charge in [0.1, 0.15) is 6.10 Å². The Kier molecular flexibility index (Phi) is 10.9. The second-order valence-electron chi connectivity index (χ2n) is 6.96. The fraction of sp³-hybridized carbons (Fsp3) is 0.565. The van der Waals surface area contributed by atoms with Crippen molar-refractivity contribution in [1.82, 2.24) is 0 Å². The Balaban J connectivity index is 2.72. The molecule has 0 aliphatic heterocycles. The number of hydrogen-bond acceptors (Lipinski definition) is 4. The first-order valence-corrected chi connectivity index (χ1v) is 9.92. The van der Waals surface area contributed by atoms with Crippen molar-refractivity contribution in [2.75, 3.05) is 6.61 Å². The number of carbonyl (C=O) groups is 2. The molecule has 0 saturated heterocycles. The highest BCUT2D eigenvalue weighted by Crippen LogP contribution is 2.15. The van der Waals surface area contributed by atoms with E-state index < -0.39 is 11.9 Å². The maximum absolute atomic E-state index is 12.6. The third-order valence-corrected chi connectivity index (χ3v) is 4.08. The van der Waals surface area contributed by atoms with Crippen LogP contribution >= 0.6 is 0 Å². The summed E-state index contributed by atoms with van der Waals surface area (Å²) in [5.41, 5.74) is 0.491. The maximum Gasteiger partial charge on any atom is 0.339 e. The Hall–Kier alpha value is -2.28. The molecule has 1 aromatic carbocycles. The van der Waals surface area contributed by atoms with E-state index in [1.54, 1.807) is 24.3 Å². The van der Waals surface area contributed by atoms with Gasteiger partial charge in [0.15, 0.2) is 0 Å². The highest BCUT2D eigenvalue weighted by Gasteiger charge is 2.21. The van der Waals surface area contributed by atoms with Gasteiger partial charge in [0.05, 0.1) is 17.7 Å². The molecule has 1 unspecified atom stereocenters. The molecular formula is C23H32O4. The van der Waals surface area contributed by atoms with Crippen molar-refractivity contribution < 1.29 is 19.1 Å². The summed E-state index contributed by atoms with van der Waals surface area (Å²) < 4.78 is 10.9. The summed E-state index contributed by atoms with van der Waals surface area (Å²) in [4.78, 5) is 24.9. The van der Waals surface area contributed by atoms with E-state index in [1.165, 1.54) is 0 Å². The fourth-order valence-corrected chi connectivity index (χ4v) is 2.46. The van der Waals surface area contributed by atoms with Gasteiger partial charge in [0, 0.05) is 12.8 Å². The van der Waals surface area contributed by atoms with Crippen LogP contribution in [-0.4, -0.2) is 24.6 Å². The zero-order valence-electron chi connectivity index (χ0n) is 17.0. The predicted molar refractivity (Wildman–Crippen MR) is 108 cm³/mol. The number of carbonyl (C=O) groups excluding carboxylic acids is 2. The van der Waals surface area contributed by atoms with Gasteiger partial charge < -0.3 is 9.47 Å². The Bertz CT molecular complexity index is 652. The SMILES string of the molecule is CCCC#CCC(CC)OC(=O)c1ccccc1C(=O)OCCCC(C)C. The third kappa shape index (κ3) is 8.77. The topological polar surface area (TPSA) is 52.6 Å². The summed E-state index contributed by atoms with van der Waals surface area (Å²) in [6.45, 7) is 8.64. The zero-order chi connectivity index (χ0) is 20.1. The van der Waals surface area contributed by atoms with Crippen LogP contribution in [0, 0.1) is 17.8 Å². The van der Waals surface area contributed by atoms with Crippen LogP contribution in [0.15, 0.2) is 24.3 Å². The summed E-state index contributed by atoms with van der Waals surface area (Å²) in [7, 11) is 0. The second kappa shape index (κ2) is 13.0. The molecule has 0 aromatic heterocycles. The van der Waals surface area contributed by atoms with Crippen molar-refractivity contribution >= 4 is 11.9 Å². The molecule has 148 valence electrons. The molecule has 1 aromatic rings. The van der Waals surface area contributed by atoms with E-state index in [0.29, 0.717) is 25.4 Å². The van der Waals surface area contributed by atoms with Gasteiger partial charge in [-0.25, -0.2) is 9.59 Å². The van der Waals surface area contributed by atoms with Crippen LogP contribution < -0.4 is 0 Å². The molecule has 0 aliphatic carbocycles. The average molecular weight is 373 g/mol. The van der Waals surface area contributed by atoms with Crippen LogP contribution in [0.3, 0.4) is 0 Å². The van der Waals surface area contributed by atoms with Crippen molar-refractivity contribution in [3.63, 3.8) is 0 Å². The quantitative estimate of drug-likeness (QED) is 0.313. The van der Waals surface area contributed by atoms with Crippen LogP contribution in [0.2, 0.25) is 0 Å². The molecule has 27 heavy (non-hydrogen) atoms. The molecule has 0 heterocycles. The van der Waals surface area contributed by atoms with E-state index in [2.05, 4.69) is 32.6 Å². The lowest BCUT2D eigenvalue weighted by Crippen LogP contribution is -2.20. The first-order valence-electron chi connectivity index (χ1n) is 9.92. The van der Waals surface area contributed by atoms with E-state index in [1.807, 2.05) is 6.92 Å². The van der Waals surface area contributed by atoms with E-state index in [9.17, 15) is 9.59 Å². The van der Waals surface area contributed by atoms with Crippen LogP contribution in [0.4, 0.5) is 0 Å². The van der Waals surface area contributed by atoms with Crippen LogP contribution in [0.25, 0.3) is 0 Å². The average Bonchev–Trinajstić information content (AvgIpc) is 2.67. The van der Waals surface area contributed by atoms with Gasteiger partial charge in [-0.15, -0.1) is 5.92 Å². The minimum absolute atomic E-state index is 0.242. The highest BCUT2D eigenvalue weighted by molar-refractivity contribution is 6.03. The molecule has 4 nitrogen and oxygen atoms in total. The van der Waals surface area contributed by atoms with Crippen molar-refractivity contribution in [1.29, 1.82) is 0 Å². The summed E-state index contributed by atoms with van der Waals surface area (Å²) in [5, 5.41) is 0. The number of benzene rings is 1. The first-order chi connectivity index (χ1) is 13.0. The second-order valence-corrected chi connectivity index (χ2v) is 6.96. The molecule has 1 atom stereocenters. The molecule has 0 spiro atoms. The van der Waals surface area contributed by atoms with Gasteiger partial charge in [-0.2, -0.15) is 0 Å². The molecule has 0 amide bonds. The van der Waals surface area contributed by atoms with E-state index in [4.69, 9.17) is 9.47 Å². The Morgan fingerprint density at radius 2 is 1.70 bits per heavy atom. The minimum atomic E-state index is -0.506. The van der Waals surface area contributed by atoms with Crippen molar-refractivity contribution in [3.8, 4) is 11.8 Å². The summed E-state index contributed by atoms with van der Waals surface area (Å²) in [5.74, 6) is 5.70. The molecular weight excluding hydrogens is 340 g/mol. The summed E-state index contributed by atoms with van der Waals surface area (Å²) in [6, 6.07) is 6.63. The zero-order valence-corrected chi connectivity index (χ0v) is 17.0. The fourth-order valence-electron chi connectivity index (χ4n) is 2.46. The van der Waals surface area contributed by atoms with Crippen molar-refractivity contribution in [2.24, 2.45) is 5.92 Å². The van der Waals surface area contributed by atoms with Gasteiger partial charge in [-0.1, -0.05) is 45.7 Å². The highest BCUT2D eigenvalue weighted by atomic mass is 16.5. The van der Waals surface area contributed by atoms with Crippen LogP contribution in [0.5, 0.6) is 0 Å². The number of esters is 2. The van der Waals surface area contributed by atoms with Crippen LogP contribution in [0.1, 0.15) is 86.9 Å². The number of unbranched alkanes of at least 4 members (excludes halogenated alkanes) is 1. The third-order valence-electron chi connectivity index (χ3n) is 4.08. The molecule has 0 saturated carbocycles. The normalized spacial score (nSPS) is 11.4. The first kappa shape index (κ1) is 22.8. The molecule has 0 fully saturated rings. The Morgan fingerprint density at radius 1 is 1.04 bits per heavy atom. The van der Waals surface area contributed by atoms with E-state index >= 15 is 0 Å². The number of hydrogen-bond donors (Lipinski definition) is 0. The van der Waals surface area contributed by atoms with Gasteiger partial charge in [0.2, 0.25) is 0 Å². The van der Waals surface area contributed by atoms with Crippen molar-refractivity contribution in [3.05, 3.63) is 35.4 Å². The lowest BCUT2D eigenvalue weighted by atomic mass is 10.1. The van der Waals surface area contributed by atoms with Gasteiger partial charge in [-0.05, 0) is 43.7 Å². The smallest absolute Gasteiger partial charge is 0.339 e. The summed E-state index contributed by atoms with van der Waals surface area (Å²) in [6.07, 6.45) is 4.56. The number of ether oxygens (including phenoxy) is 2. The Labute approximate surface area is 163 Å². The molecule has 0 bridgehead atoms. The minimum Gasteiger partial charge on any atom is -0.462 e. The lowest BCUT2D eigenvalue weighted by molar-refractivity contribution is 0.0293.